The third kappa shape index (κ3) is 4.19. The fourth-order valence-electron chi connectivity index (χ4n) is 3.53. The highest BCUT2D eigenvalue weighted by Crippen LogP contribution is 2.23. The summed E-state index contributed by atoms with van der Waals surface area (Å²) in [4.78, 5) is 27.6. The Bertz CT molecular complexity index is 806. The number of furan rings is 1. The fraction of sp³-hybridized carbons (Fsp3) is 0.556. The maximum atomic E-state index is 12.8. The summed E-state index contributed by atoms with van der Waals surface area (Å²) >= 11 is 0. The summed E-state index contributed by atoms with van der Waals surface area (Å²) in [6, 6.07) is 3.83. The van der Waals surface area contributed by atoms with Crippen LogP contribution in [0.15, 0.2) is 22.8 Å². The Labute approximate surface area is 157 Å². The van der Waals surface area contributed by atoms with Crippen molar-refractivity contribution < 1.29 is 14.1 Å². The van der Waals surface area contributed by atoms with Gasteiger partial charge in [-0.1, -0.05) is 6.92 Å². The summed E-state index contributed by atoms with van der Waals surface area (Å²) in [5.41, 5.74) is 0.894. The van der Waals surface area contributed by atoms with Gasteiger partial charge < -0.3 is 9.32 Å². The lowest BCUT2D eigenvalue weighted by atomic mass is 10.1. The molecule has 0 aromatic carbocycles. The van der Waals surface area contributed by atoms with Crippen LogP contribution in [0.4, 0.5) is 5.69 Å². The number of hydrogen-bond acceptors (Lipinski definition) is 6. The first-order chi connectivity index (χ1) is 12.9. The van der Waals surface area contributed by atoms with Crippen molar-refractivity contribution in [3.63, 3.8) is 0 Å². The molecule has 2 aromatic heterocycles. The SMILES string of the molecule is Cc1nn(CC(C)C(=O)N2CCN(Cc3ccco3)CC2)c(C)c1[N+](=O)[O-]. The van der Waals surface area contributed by atoms with Crippen LogP contribution < -0.4 is 0 Å². The Morgan fingerprint density at radius 3 is 2.59 bits per heavy atom. The van der Waals surface area contributed by atoms with Crippen molar-refractivity contribution in [3.05, 3.63) is 45.7 Å². The molecule has 1 aliphatic heterocycles. The molecule has 1 aliphatic rings. The number of carbonyl (C=O) groups excluding carboxylic acids is 1. The van der Waals surface area contributed by atoms with Gasteiger partial charge in [-0.25, -0.2) is 0 Å². The molecule has 1 unspecified atom stereocenters. The molecule has 3 rings (SSSR count). The second kappa shape index (κ2) is 7.91. The quantitative estimate of drug-likeness (QED) is 0.566. The second-order valence-electron chi connectivity index (χ2n) is 7.04. The van der Waals surface area contributed by atoms with Crippen LogP contribution in [0.2, 0.25) is 0 Å². The van der Waals surface area contributed by atoms with Gasteiger partial charge in [-0.15, -0.1) is 0 Å². The lowest BCUT2D eigenvalue weighted by Gasteiger charge is -2.35. The minimum Gasteiger partial charge on any atom is -0.468 e. The molecule has 9 heteroatoms. The van der Waals surface area contributed by atoms with E-state index < -0.39 is 4.92 Å². The van der Waals surface area contributed by atoms with Gasteiger partial charge in [-0.05, 0) is 26.0 Å². The third-order valence-electron chi connectivity index (χ3n) is 5.04. The number of carbonyl (C=O) groups is 1. The second-order valence-corrected chi connectivity index (χ2v) is 7.04. The Balaban J connectivity index is 1.55. The molecule has 1 fully saturated rings. The molecule has 9 nitrogen and oxygen atoms in total. The molecule has 1 saturated heterocycles. The van der Waals surface area contributed by atoms with Gasteiger partial charge in [0.25, 0.3) is 0 Å². The van der Waals surface area contributed by atoms with Crippen molar-refractivity contribution in [3.8, 4) is 0 Å². The minimum atomic E-state index is -0.418. The summed E-state index contributed by atoms with van der Waals surface area (Å²) in [6.07, 6.45) is 1.67. The van der Waals surface area contributed by atoms with E-state index in [1.807, 2.05) is 24.0 Å². The average molecular weight is 375 g/mol. The van der Waals surface area contributed by atoms with E-state index in [-0.39, 0.29) is 17.5 Å². The predicted octanol–water partition coefficient (Wildman–Crippen LogP) is 1.98. The van der Waals surface area contributed by atoms with E-state index in [2.05, 4.69) is 10.00 Å². The van der Waals surface area contributed by atoms with Gasteiger partial charge >= 0.3 is 5.69 Å². The van der Waals surface area contributed by atoms with Crippen LogP contribution in [0.5, 0.6) is 0 Å². The number of amides is 1. The molecule has 146 valence electrons. The van der Waals surface area contributed by atoms with Gasteiger partial charge in [-0.2, -0.15) is 5.10 Å². The molecule has 27 heavy (non-hydrogen) atoms. The van der Waals surface area contributed by atoms with Gasteiger partial charge in [0.05, 0.1) is 30.2 Å². The van der Waals surface area contributed by atoms with E-state index in [0.717, 1.165) is 25.4 Å². The highest BCUT2D eigenvalue weighted by Gasteiger charge is 2.28. The van der Waals surface area contributed by atoms with Crippen LogP contribution in [-0.4, -0.2) is 56.6 Å². The van der Waals surface area contributed by atoms with Crippen LogP contribution in [0, 0.1) is 29.9 Å². The van der Waals surface area contributed by atoms with Gasteiger partial charge in [0.15, 0.2) is 0 Å². The zero-order chi connectivity index (χ0) is 19.6. The van der Waals surface area contributed by atoms with Gasteiger partial charge in [0, 0.05) is 26.2 Å². The lowest BCUT2D eigenvalue weighted by molar-refractivity contribution is -0.386. The first-order valence-corrected chi connectivity index (χ1v) is 9.08. The van der Waals surface area contributed by atoms with Gasteiger partial charge in [0.2, 0.25) is 5.91 Å². The van der Waals surface area contributed by atoms with E-state index >= 15 is 0 Å². The molecular formula is C18H25N5O4. The van der Waals surface area contributed by atoms with E-state index in [4.69, 9.17) is 4.42 Å². The summed E-state index contributed by atoms with van der Waals surface area (Å²) in [5.74, 6) is 0.691. The number of hydrogen-bond donors (Lipinski definition) is 0. The Hall–Kier alpha value is -2.68. The Morgan fingerprint density at radius 2 is 2.04 bits per heavy atom. The first kappa shape index (κ1) is 19.1. The number of nitro groups is 1. The molecule has 0 saturated carbocycles. The van der Waals surface area contributed by atoms with Crippen molar-refractivity contribution in [2.75, 3.05) is 26.2 Å². The summed E-state index contributed by atoms with van der Waals surface area (Å²) in [6.45, 7) is 9.15. The monoisotopic (exact) mass is 375 g/mol. The van der Waals surface area contributed by atoms with E-state index in [0.29, 0.717) is 31.0 Å². The van der Waals surface area contributed by atoms with Crippen LogP contribution >= 0.6 is 0 Å². The minimum absolute atomic E-state index is 0.0289. The number of rotatable bonds is 6. The van der Waals surface area contributed by atoms with Crippen LogP contribution in [0.3, 0.4) is 0 Å². The largest absolute Gasteiger partial charge is 0.468 e. The zero-order valence-electron chi connectivity index (χ0n) is 15.9. The number of piperazine rings is 1. The third-order valence-corrected chi connectivity index (χ3v) is 5.04. The predicted molar refractivity (Wildman–Crippen MR) is 98.1 cm³/mol. The van der Waals surface area contributed by atoms with Crippen LogP contribution in [-0.2, 0) is 17.9 Å². The number of nitrogens with zero attached hydrogens (tertiary/aromatic N) is 5. The topological polar surface area (TPSA) is 97.7 Å². The van der Waals surface area contributed by atoms with Crippen LogP contribution in [0.1, 0.15) is 24.1 Å². The normalized spacial score (nSPS) is 16.5. The van der Waals surface area contributed by atoms with E-state index in [1.165, 1.54) is 0 Å². The summed E-state index contributed by atoms with van der Waals surface area (Å²) in [7, 11) is 0. The standard InChI is InChI=1S/C18H25N5O4/c1-13(11-22-15(3)17(23(25)26)14(2)19-22)18(24)21-8-6-20(7-9-21)12-16-5-4-10-27-16/h4-5,10,13H,6-9,11-12H2,1-3H3. The van der Waals surface area contributed by atoms with Crippen molar-refractivity contribution >= 4 is 11.6 Å². The van der Waals surface area contributed by atoms with Crippen molar-refractivity contribution in [1.29, 1.82) is 0 Å². The van der Waals surface area contributed by atoms with Crippen molar-refractivity contribution in [2.45, 2.75) is 33.9 Å². The summed E-state index contributed by atoms with van der Waals surface area (Å²) < 4.78 is 6.95. The lowest BCUT2D eigenvalue weighted by Crippen LogP contribution is -2.50. The van der Waals surface area contributed by atoms with Gasteiger partial charge in [0.1, 0.15) is 17.1 Å². The molecule has 0 radical (unpaired) electrons. The average Bonchev–Trinajstić information content (AvgIpc) is 3.23. The van der Waals surface area contributed by atoms with E-state index in [1.54, 1.807) is 24.8 Å². The molecule has 2 aromatic rings. The molecular weight excluding hydrogens is 350 g/mol. The number of aryl methyl sites for hydroxylation is 1. The fourth-order valence-corrected chi connectivity index (χ4v) is 3.53. The molecule has 0 aliphatic carbocycles. The molecule has 0 bridgehead atoms. The highest BCUT2D eigenvalue weighted by molar-refractivity contribution is 5.78. The van der Waals surface area contributed by atoms with E-state index in [9.17, 15) is 14.9 Å². The van der Waals surface area contributed by atoms with Gasteiger partial charge in [-0.3, -0.25) is 24.5 Å². The molecule has 3 heterocycles. The van der Waals surface area contributed by atoms with Crippen molar-refractivity contribution in [2.24, 2.45) is 5.92 Å². The highest BCUT2D eigenvalue weighted by atomic mass is 16.6. The maximum Gasteiger partial charge on any atom is 0.312 e. The molecule has 0 spiro atoms. The summed E-state index contributed by atoms with van der Waals surface area (Å²) in [5, 5.41) is 15.4. The molecule has 0 N–H and O–H groups in total. The Morgan fingerprint density at radius 1 is 1.33 bits per heavy atom. The first-order valence-electron chi connectivity index (χ1n) is 9.08. The molecule has 1 amide bonds. The van der Waals surface area contributed by atoms with Crippen molar-refractivity contribution in [1.82, 2.24) is 19.6 Å². The van der Waals surface area contributed by atoms with Crippen LogP contribution in [0.25, 0.3) is 0 Å². The smallest absolute Gasteiger partial charge is 0.312 e. The Kier molecular flexibility index (Phi) is 5.59. The maximum absolute atomic E-state index is 12.8. The zero-order valence-corrected chi connectivity index (χ0v) is 15.9. The number of aromatic nitrogens is 2. The molecule has 1 atom stereocenters.